The van der Waals surface area contributed by atoms with E-state index in [9.17, 15) is 9.18 Å². The largest absolute Gasteiger partial charge is 0.384 e. The van der Waals surface area contributed by atoms with Crippen molar-refractivity contribution in [2.75, 3.05) is 6.54 Å². The minimum absolute atomic E-state index is 0.0473. The molecule has 0 radical (unpaired) electrons. The molecule has 0 bridgehead atoms. The highest BCUT2D eigenvalue weighted by Crippen LogP contribution is 2.40. The minimum atomic E-state index is -0.650. The molecular weight excluding hydrogens is 469 g/mol. The number of amides is 1. The van der Waals surface area contributed by atoms with E-state index in [0.717, 1.165) is 29.0 Å². The number of likely N-dealkylation sites (tertiary alicyclic amines) is 1. The Morgan fingerprint density at radius 1 is 1.16 bits per heavy atom. The molecule has 194 valence electrons. The van der Waals surface area contributed by atoms with Crippen LogP contribution in [0.2, 0.25) is 0 Å². The summed E-state index contributed by atoms with van der Waals surface area (Å²) in [5.41, 5.74) is 3.35. The van der Waals surface area contributed by atoms with Crippen LogP contribution < -0.4 is 0 Å². The van der Waals surface area contributed by atoms with E-state index >= 15 is 0 Å². The molecule has 1 aromatic heterocycles. The Labute approximate surface area is 217 Å². The Hall–Kier alpha value is -3.48. The molecule has 0 saturated carbocycles. The molecule has 1 amide bonds. The third kappa shape index (κ3) is 4.79. The van der Waals surface area contributed by atoms with Gasteiger partial charge in [-0.2, -0.15) is 0 Å². The summed E-state index contributed by atoms with van der Waals surface area (Å²) in [6.07, 6.45) is 1.43. The second kappa shape index (κ2) is 9.77. The summed E-state index contributed by atoms with van der Waals surface area (Å²) >= 11 is 0. The molecule has 4 atom stereocenters. The monoisotopic (exact) mass is 503 g/mol. The third-order valence-corrected chi connectivity index (χ3v) is 7.63. The first-order valence-electron chi connectivity index (χ1n) is 13.0. The van der Waals surface area contributed by atoms with Gasteiger partial charge in [0.05, 0.1) is 17.4 Å². The first-order chi connectivity index (χ1) is 17.7. The van der Waals surface area contributed by atoms with E-state index in [0.29, 0.717) is 30.2 Å². The molecule has 2 aliphatic heterocycles. The van der Waals surface area contributed by atoms with Crippen LogP contribution in [-0.2, 0) is 15.2 Å². The summed E-state index contributed by atoms with van der Waals surface area (Å²) in [7, 11) is 0. The lowest BCUT2D eigenvalue weighted by atomic mass is 9.86. The Bertz CT molecular complexity index is 1320. The Kier molecular flexibility index (Phi) is 6.65. The number of rotatable bonds is 6. The van der Waals surface area contributed by atoms with Crippen LogP contribution in [0.1, 0.15) is 63.5 Å². The van der Waals surface area contributed by atoms with Crippen LogP contribution in [0.25, 0.3) is 11.1 Å². The average Bonchev–Trinajstić information content (AvgIpc) is 3.58. The van der Waals surface area contributed by atoms with Crippen LogP contribution in [0.4, 0.5) is 4.39 Å². The standard InChI is InChI=1S/C30H34FN3O3/c1-18(2)28(27-15-20(4)32-36-27)29(35)34-17-19(3)14-26(34)25-16-30(5,37-33-25)22-12-10-21(11-13-22)23-8-6-7-9-24(23)31/h6-13,15,18-19,26,28H,14,16-17H2,1-5H3/t19-,26+,28?,30?/m1/s1. The molecule has 2 aromatic carbocycles. The highest BCUT2D eigenvalue weighted by molar-refractivity contribution is 5.96. The van der Waals surface area contributed by atoms with Gasteiger partial charge in [0.1, 0.15) is 17.5 Å². The molecule has 7 heteroatoms. The fourth-order valence-corrected chi connectivity index (χ4v) is 5.65. The maximum absolute atomic E-state index is 14.2. The molecular formula is C30H34FN3O3. The number of nitrogens with zero attached hydrogens (tertiary/aromatic N) is 3. The highest BCUT2D eigenvalue weighted by Gasteiger charge is 2.46. The number of oxime groups is 1. The molecule has 37 heavy (non-hydrogen) atoms. The van der Waals surface area contributed by atoms with Gasteiger partial charge in [0.25, 0.3) is 0 Å². The van der Waals surface area contributed by atoms with Crippen LogP contribution in [0, 0.1) is 24.6 Å². The number of benzene rings is 2. The van der Waals surface area contributed by atoms with Gasteiger partial charge in [-0.3, -0.25) is 4.79 Å². The van der Waals surface area contributed by atoms with Gasteiger partial charge in [0.2, 0.25) is 5.91 Å². The summed E-state index contributed by atoms with van der Waals surface area (Å²) in [6, 6.07) is 16.3. The Morgan fingerprint density at radius 2 is 1.89 bits per heavy atom. The maximum Gasteiger partial charge on any atom is 0.234 e. The number of carbonyl (C=O) groups excluding carboxylic acids is 1. The average molecular weight is 504 g/mol. The number of hydrogen-bond acceptors (Lipinski definition) is 5. The first kappa shape index (κ1) is 25.2. The lowest BCUT2D eigenvalue weighted by Crippen LogP contribution is -2.44. The lowest BCUT2D eigenvalue weighted by molar-refractivity contribution is -0.134. The lowest BCUT2D eigenvalue weighted by Gasteiger charge is -2.30. The van der Waals surface area contributed by atoms with Crippen LogP contribution in [0.3, 0.4) is 0 Å². The minimum Gasteiger partial charge on any atom is -0.384 e. The van der Waals surface area contributed by atoms with Gasteiger partial charge in [-0.25, -0.2) is 4.39 Å². The number of hydrogen-bond donors (Lipinski definition) is 0. The van der Waals surface area contributed by atoms with Crippen molar-refractivity contribution in [2.24, 2.45) is 17.0 Å². The molecule has 0 N–H and O–H groups in total. The quantitative estimate of drug-likeness (QED) is 0.387. The summed E-state index contributed by atoms with van der Waals surface area (Å²) in [6.45, 7) is 10.8. The molecule has 0 aliphatic carbocycles. The fraction of sp³-hybridized carbons (Fsp3) is 0.433. The van der Waals surface area contributed by atoms with E-state index in [1.54, 1.807) is 12.1 Å². The van der Waals surface area contributed by atoms with Crippen molar-refractivity contribution < 1.29 is 18.5 Å². The number of halogens is 1. The Balaban J connectivity index is 1.35. The normalized spacial score (nSPS) is 24.3. The zero-order valence-corrected chi connectivity index (χ0v) is 22.1. The molecule has 0 spiro atoms. The van der Waals surface area contributed by atoms with E-state index in [4.69, 9.17) is 9.36 Å². The summed E-state index contributed by atoms with van der Waals surface area (Å²) in [4.78, 5) is 21.8. The van der Waals surface area contributed by atoms with Crippen LogP contribution >= 0.6 is 0 Å². The topological polar surface area (TPSA) is 67.9 Å². The first-order valence-corrected chi connectivity index (χ1v) is 13.0. The SMILES string of the molecule is Cc1cc(C(C(=O)N2C[C@H](C)C[C@H]2C2=NOC(C)(c3ccc(-c4ccccc4F)cc3)C2)C(C)C)on1. The van der Waals surface area contributed by atoms with Crippen molar-refractivity contribution in [1.82, 2.24) is 10.1 Å². The molecule has 1 saturated heterocycles. The molecule has 6 nitrogen and oxygen atoms in total. The van der Waals surface area contributed by atoms with Crippen LogP contribution in [-0.4, -0.2) is 34.3 Å². The van der Waals surface area contributed by atoms with Crippen molar-refractivity contribution in [3.8, 4) is 11.1 Å². The number of aromatic nitrogens is 1. The van der Waals surface area contributed by atoms with Gasteiger partial charge >= 0.3 is 0 Å². The zero-order valence-electron chi connectivity index (χ0n) is 22.1. The van der Waals surface area contributed by atoms with E-state index in [1.165, 1.54) is 6.07 Å². The third-order valence-electron chi connectivity index (χ3n) is 7.63. The summed E-state index contributed by atoms with van der Waals surface area (Å²) in [5.74, 6) is 0.439. The van der Waals surface area contributed by atoms with E-state index in [-0.39, 0.29) is 23.7 Å². The van der Waals surface area contributed by atoms with Crippen molar-refractivity contribution in [3.05, 3.63) is 77.4 Å². The van der Waals surface area contributed by atoms with Crippen LogP contribution in [0.5, 0.6) is 0 Å². The predicted octanol–water partition coefficient (Wildman–Crippen LogP) is 6.46. The fourth-order valence-electron chi connectivity index (χ4n) is 5.65. The van der Waals surface area contributed by atoms with Crippen molar-refractivity contribution >= 4 is 11.6 Å². The Morgan fingerprint density at radius 3 is 2.54 bits per heavy atom. The number of carbonyl (C=O) groups is 1. The second-order valence-electron chi connectivity index (χ2n) is 11.1. The van der Waals surface area contributed by atoms with E-state index in [2.05, 4.69) is 17.2 Å². The molecule has 3 heterocycles. The molecule has 2 aliphatic rings. The van der Waals surface area contributed by atoms with Crippen molar-refractivity contribution in [2.45, 2.75) is 65.0 Å². The highest BCUT2D eigenvalue weighted by atomic mass is 19.1. The van der Waals surface area contributed by atoms with E-state index < -0.39 is 11.5 Å². The van der Waals surface area contributed by atoms with Gasteiger partial charge < -0.3 is 14.3 Å². The summed E-state index contributed by atoms with van der Waals surface area (Å²) in [5, 5.41) is 8.53. The number of aryl methyl sites for hydroxylation is 1. The maximum atomic E-state index is 14.2. The molecule has 1 fully saturated rings. The van der Waals surface area contributed by atoms with Crippen LogP contribution in [0.15, 0.2) is 64.3 Å². The molecule has 5 rings (SSSR count). The second-order valence-corrected chi connectivity index (χ2v) is 11.1. The van der Waals surface area contributed by atoms with Gasteiger partial charge in [0.15, 0.2) is 5.60 Å². The van der Waals surface area contributed by atoms with Crippen molar-refractivity contribution in [3.63, 3.8) is 0 Å². The molecule has 2 unspecified atom stereocenters. The molecule has 3 aromatic rings. The predicted molar refractivity (Wildman–Crippen MR) is 140 cm³/mol. The van der Waals surface area contributed by atoms with Gasteiger partial charge in [-0.1, -0.05) is 73.5 Å². The van der Waals surface area contributed by atoms with Crippen molar-refractivity contribution in [1.29, 1.82) is 0 Å². The zero-order chi connectivity index (χ0) is 26.3. The van der Waals surface area contributed by atoms with Gasteiger partial charge in [-0.05, 0) is 49.3 Å². The van der Waals surface area contributed by atoms with E-state index in [1.807, 2.05) is 69.0 Å². The smallest absolute Gasteiger partial charge is 0.234 e. The van der Waals surface area contributed by atoms with Gasteiger partial charge in [-0.15, -0.1) is 0 Å². The van der Waals surface area contributed by atoms with Gasteiger partial charge in [0, 0.05) is 24.6 Å². The summed E-state index contributed by atoms with van der Waals surface area (Å²) < 4.78 is 19.8.